The maximum atomic E-state index is 12.2. The van der Waals surface area contributed by atoms with Gasteiger partial charge in [-0.15, -0.1) is 0 Å². The van der Waals surface area contributed by atoms with Crippen LogP contribution in [0.3, 0.4) is 0 Å². The molecule has 2 aliphatic rings. The number of rotatable bonds is 4. The van der Waals surface area contributed by atoms with Crippen LogP contribution in [0.4, 0.5) is 5.82 Å². The van der Waals surface area contributed by atoms with Crippen molar-refractivity contribution in [2.24, 2.45) is 7.05 Å². The molecule has 0 N–H and O–H groups in total. The molecule has 1 aliphatic carbocycles. The summed E-state index contributed by atoms with van der Waals surface area (Å²) in [5.74, 6) is 1.31. The van der Waals surface area contributed by atoms with Crippen LogP contribution in [0.15, 0.2) is 33.9 Å². The quantitative estimate of drug-likeness (QED) is 0.834. The third kappa shape index (κ3) is 2.86. The third-order valence-electron chi connectivity index (χ3n) is 4.88. The Labute approximate surface area is 139 Å². The zero-order chi connectivity index (χ0) is 16.7. The maximum Gasteiger partial charge on any atom is 0.266 e. The van der Waals surface area contributed by atoms with E-state index >= 15 is 0 Å². The molecule has 7 nitrogen and oxygen atoms in total. The lowest BCUT2D eigenvalue weighted by molar-refractivity contribution is 0.478. The standard InChI is InChI=1S/C17H21N5O2/c1-20-16(23)9-7-15(19-20)21-10-2-3-13(21)11-22-17(24)8-6-14(18-22)12-4-5-12/h6-9,12-13H,2-5,10-11H2,1H3. The van der Waals surface area contributed by atoms with Gasteiger partial charge in [0.05, 0.1) is 18.3 Å². The van der Waals surface area contributed by atoms with Crippen LogP contribution in [0, 0.1) is 0 Å². The molecule has 0 amide bonds. The van der Waals surface area contributed by atoms with Gasteiger partial charge >= 0.3 is 0 Å². The van der Waals surface area contributed by atoms with Crippen molar-refractivity contribution in [1.82, 2.24) is 19.6 Å². The van der Waals surface area contributed by atoms with Gasteiger partial charge in [-0.1, -0.05) is 0 Å². The molecule has 4 rings (SSSR count). The van der Waals surface area contributed by atoms with Crippen molar-refractivity contribution in [3.63, 3.8) is 0 Å². The Kier molecular flexibility index (Phi) is 3.70. The van der Waals surface area contributed by atoms with Gasteiger partial charge in [0.25, 0.3) is 11.1 Å². The van der Waals surface area contributed by atoms with E-state index in [4.69, 9.17) is 0 Å². The fourth-order valence-electron chi connectivity index (χ4n) is 3.36. The third-order valence-corrected chi connectivity index (χ3v) is 4.88. The van der Waals surface area contributed by atoms with Gasteiger partial charge in [-0.2, -0.15) is 10.2 Å². The topological polar surface area (TPSA) is 73.0 Å². The van der Waals surface area contributed by atoms with Gasteiger partial charge in [0.1, 0.15) is 5.82 Å². The molecule has 0 spiro atoms. The Morgan fingerprint density at radius 2 is 1.83 bits per heavy atom. The van der Waals surface area contributed by atoms with Gasteiger partial charge in [0.2, 0.25) is 0 Å². The van der Waals surface area contributed by atoms with Crippen LogP contribution in [0.5, 0.6) is 0 Å². The van der Waals surface area contributed by atoms with E-state index < -0.39 is 0 Å². The summed E-state index contributed by atoms with van der Waals surface area (Å²) in [5, 5.41) is 8.91. The van der Waals surface area contributed by atoms with Gasteiger partial charge in [0, 0.05) is 31.6 Å². The highest BCUT2D eigenvalue weighted by molar-refractivity contribution is 5.39. The zero-order valence-electron chi connectivity index (χ0n) is 13.8. The molecule has 1 atom stereocenters. The molecule has 2 aromatic heterocycles. The molecule has 1 aliphatic heterocycles. The largest absolute Gasteiger partial charge is 0.350 e. The Balaban J connectivity index is 1.59. The molecule has 7 heteroatoms. The van der Waals surface area contributed by atoms with Crippen molar-refractivity contribution in [3.8, 4) is 0 Å². The van der Waals surface area contributed by atoms with Crippen molar-refractivity contribution in [2.75, 3.05) is 11.4 Å². The van der Waals surface area contributed by atoms with Crippen molar-refractivity contribution in [1.29, 1.82) is 0 Å². The number of aromatic nitrogens is 4. The molecule has 24 heavy (non-hydrogen) atoms. The summed E-state index contributed by atoms with van der Waals surface area (Å²) >= 11 is 0. The van der Waals surface area contributed by atoms with E-state index in [1.54, 1.807) is 23.9 Å². The summed E-state index contributed by atoms with van der Waals surface area (Å²) < 4.78 is 2.95. The van der Waals surface area contributed by atoms with Crippen LogP contribution in [-0.2, 0) is 13.6 Å². The minimum Gasteiger partial charge on any atom is -0.350 e. The number of aryl methyl sites for hydroxylation is 1. The van der Waals surface area contributed by atoms with Crippen LogP contribution in [0.25, 0.3) is 0 Å². The fourth-order valence-corrected chi connectivity index (χ4v) is 3.36. The fraction of sp³-hybridized carbons (Fsp3) is 0.529. The molecule has 1 saturated heterocycles. The van der Waals surface area contributed by atoms with Gasteiger partial charge in [-0.05, 0) is 37.8 Å². The molecule has 126 valence electrons. The molecule has 0 radical (unpaired) electrons. The second-order valence-corrected chi connectivity index (χ2v) is 6.70. The molecular weight excluding hydrogens is 306 g/mol. The summed E-state index contributed by atoms with van der Waals surface area (Å²) in [6.07, 6.45) is 4.38. The van der Waals surface area contributed by atoms with Gasteiger partial charge in [-0.25, -0.2) is 9.36 Å². The molecule has 2 fully saturated rings. The lowest BCUT2D eigenvalue weighted by atomic mass is 10.2. The average molecular weight is 327 g/mol. The Hall–Kier alpha value is -2.44. The summed E-state index contributed by atoms with van der Waals surface area (Å²) in [6.45, 7) is 1.44. The second kappa shape index (κ2) is 5.89. The minimum absolute atomic E-state index is 0.0559. The highest BCUT2D eigenvalue weighted by Gasteiger charge is 2.29. The highest BCUT2D eigenvalue weighted by atomic mass is 16.1. The van der Waals surface area contributed by atoms with Gasteiger partial charge in [-0.3, -0.25) is 9.59 Å². The van der Waals surface area contributed by atoms with E-state index in [0.717, 1.165) is 30.9 Å². The van der Waals surface area contributed by atoms with Crippen molar-refractivity contribution < 1.29 is 0 Å². The Morgan fingerprint density at radius 3 is 2.58 bits per heavy atom. The lowest BCUT2D eigenvalue weighted by Gasteiger charge is -2.26. The predicted molar refractivity (Wildman–Crippen MR) is 90.3 cm³/mol. The first-order valence-electron chi connectivity index (χ1n) is 8.51. The van der Waals surface area contributed by atoms with Crippen molar-refractivity contribution in [3.05, 3.63) is 50.7 Å². The smallest absolute Gasteiger partial charge is 0.266 e. The monoisotopic (exact) mass is 327 g/mol. The van der Waals surface area contributed by atoms with E-state index in [1.807, 2.05) is 6.07 Å². The molecule has 1 saturated carbocycles. The van der Waals surface area contributed by atoms with Gasteiger partial charge < -0.3 is 4.90 Å². The highest BCUT2D eigenvalue weighted by Crippen LogP contribution is 2.38. The second-order valence-electron chi connectivity index (χ2n) is 6.70. The summed E-state index contributed by atoms with van der Waals surface area (Å²) in [4.78, 5) is 25.9. The van der Waals surface area contributed by atoms with E-state index in [9.17, 15) is 9.59 Å². The summed E-state index contributed by atoms with van der Waals surface area (Å²) in [7, 11) is 1.65. The first-order valence-corrected chi connectivity index (χ1v) is 8.51. The molecule has 3 heterocycles. The van der Waals surface area contributed by atoms with E-state index in [1.165, 1.54) is 23.6 Å². The summed E-state index contributed by atoms with van der Waals surface area (Å²) in [5.41, 5.74) is 0.851. The van der Waals surface area contributed by atoms with Crippen molar-refractivity contribution in [2.45, 2.75) is 44.2 Å². The number of hydrogen-bond donors (Lipinski definition) is 0. The Morgan fingerprint density at radius 1 is 1.04 bits per heavy atom. The maximum absolute atomic E-state index is 12.2. The predicted octanol–water partition coefficient (Wildman–Crippen LogP) is 0.883. The molecular formula is C17H21N5O2. The van der Waals surface area contributed by atoms with Crippen molar-refractivity contribution >= 4 is 5.82 Å². The lowest BCUT2D eigenvalue weighted by Crippen LogP contribution is -2.38. The van der Waals surface area contributed by atoms with E-state index in [-0.39, 0.29) is 17.2 Å². The SMILES string of the molecule is Cn1nc(N2CCCC2Cn2nc(C3CC3)ccc2=O)ccc1=O. The van der Waals surface area contributed by atoms with Crippen LogP contribution in [-0.4, -0.2) is 32.1 Å². The number of anilines is 1. The van der Waals surface area contributed by atoms with Gasteiger partial charge in [0.15, 0.2) is 0 Å². The molecule has 0 bridgehead atoms. The normalized spacial score (nSPS) is 20.5. The average Bonchev–Trinajstić information content (AvgIpc) is 3.32. The molecule has 0 aromatic carbocycles. The Bertz CT molecular complexity index is 868. The summed E-state index contributed by atoms with van der Waals surface area (Å²) in [6, 6.07) is 6.96. The molecule has 2 aromatic rings. The van der Waals surface area contributed by atoms with Crippen LogP contribution in [0.1, 0.15) is 37.3 Å². The van der Waals surface area contributed by atoms with E-state index in [2.05, 4.69) is 15.1 Å². The first kappa shape index (κ1) is 15.1. The zero-order valence-corrected chi connectivity index (χ0v) is 13.8. The number of hydrogen-bond acceptors (Lipinski definition) is 5. The van der Waals surface area contributed by atoms with Crippen LogP contribution in [0.2, 0.25) is 0 Å². The van der Waals surface area contributed by atoms with Crippen LogP contribution < -0.4 is 16.0 Å². The minimum atomic E-state index is -0.121. The van der Waals surface area contributed by atoms with E-state index in [0.29, 0.717) is 12.5 Å². The first-order chi connectivity index (χ1) is 11.6. The molecule has 1 unspecified atom stereocenters. The number of nitrogens with zero attached hydrogens (tertiary/aromatic N) is 5. The van der Waals surface area contributed by atoms with Crippen LogP contribution >= 0.6 is 0 Å².